The number of benzene rings is 2. The van der Waals surface area contributed by atoms with Crippen molar-refractivity contribution in [2.24, 2.45) is 0 Å². The van der Waals surface area contributed by atoms with Gasteiger partial charge in [0.2, 0.25) is 0 Å². The lowest BCUT2D eigenvalue weighted by atomic mass is 9.99. The van der Waals surface area contributed by atoms with E-state index in [4.69, 9.17) is 9.84 Å². The largest absolute Gasteiger partial charge is 0.483 e. The fraction of sp³-hybridized carbons (Fsp3) is 0.294. The lowest BCUT2D eigenvalue weighted by molar-refractivity contribution is -0.147. The van der Waals surface area contributed by atoms with E-state index in [9.17, 15) is 9.59 Å². The summed E-state index contributed by atoms with van der Waals surface area (Å²) in [5.74, 6) is -0.921. The maximum Gasteiger partial charge on any atom is 0.329 e. The molecule has 2 rings (SSSR count). The molecule has 116 valence electrons. The van der Waals surface area contributed by atoms with E-state index >= 15 is 0 Å². The summed E-state index contributed by atoms with van der Waals surface area (Å²) in [4.78, 5) is 23.1. The zero-order valence-electron chi connectivity index (χ0n) is 12.6. The lowest BCUT2D eigenvalue weighted by Crippen LogP contribution is -2.53. The lowest BCUT2D eigenvalue weighted by Gasteiger charge is -2.24. The minimum absolute atomic E-state index is 0.225. The van der Waals surface area contributed by atoms with Gasteiger partial charge in [0.05, 0.1) is 0 Å². The van der Waals surface area contributed by atoms with Gasteiger partial charge in [-0.25, -0.2) is 4.79 Å². The molecule has 2 aromatic rings. The minimum atomic E-state index is -1.28. The van der Waals surface area contributed by atoms with Gasteiger partial charge in [-0.2, -0.15) is 0 Å². The van der Waals surface area contributed by atoms with Crippen LogP contribution in [0.25, 0.3) is 10.8 Å². The Bertz CT molecular complexity index is 693. The highest BCUT2D eigenvalue weighted by Crippen LogP contribution is 2.25. The quantitative estimate of drug-likeness (QED) is 0.860. The molecule has 0 saturated carbocycles. The van der Waals surface area contributed by atoms with Crippen molar-refractivity contribution in [3.8, 4) is 5.75 Å². The molecule has 0 bridgehead atoms. The van der Waals surface area contributed by atoms with Gasteiger partial charge in [-0.3, -0.25) is 4.79 Å². The van der Waals surface area contributed by atoms with Crippen LogP contribution in [0.4, 0.5) is 0 Å². The van der Waals surface area contributed by atoms with Crippen LogP contribution in [0, 0.1) is 0 Å². The van der Waals surface area contributed by atoms with E-state index in [1.807, 2.05) is 36.4 Å². The second-order valence-corrected chi connectivity index (χ2v) is 5.30. The Hall–Kier alpha value is -2.56. The number of carboxylic acid groups (broad SMARTS) is 1. The molecule has 22 heavy (non-hydrogen) atoms. The van der Waals surface area contributed by atoms with E-state index in [1.54, 1.807) is 13.0 Å². The van der Waals surface area contributed by atoms with Gasteiger partial charge >= 0.3 is 5.97 Å². The Balaban J connectivity index is 2.06. The number of carbonyl (C=O) groups excluding carboxylic acids is 1. The maximum atomic E-state index is 11.9. The van der Waals surface area contributed by atoms with Crippen molar-refractivity contribution in [1.29, 1.82) is 0 Å². The van der Waals surface area contributed by atoms with Crippen molar-refractivity contribution < 1.29 is 19.4 Å². The van der Waals surface area contributed by atoms with Crippen molar-refractivity contribution >= 4 is 22.6 Å². The zero-order chi connectivity index (χ0) is 16.2. The molecule has 0 aliphatic heterocycles. The molecule has 5 nitrogen and oxygen atoms in total. The number of hydrogen-bond donors (Lipinski definition) is 2. The molecule has 2 N–H and O–H groups in total. The second kappa shape index (κ2) is 6.47. The molecular weight excluding hydrogens is 282 g/mol. The van der Waals surface area contributed by atoms with Gasteiger partial charge in [0.25, 0.3) is 5.91 Å². The van der Waals surface area contributed by atoms with Crippen molar-refractivity contribution in [3.05, 3.63) is 42.5 Å². The Labute approximate surface area is 128 Å². The predicted octanol–water partition coefficient (Wildman–Crippen LogP) is 2.59. The molecule has 5 heteroatoms. The van der Waals surface area contributed by atoms with Gasteiger partial charge in [0.1, 0.15) is 11.3 Å². The molecular formula is C17H19NO4. The number of fused-ring (bicyclic) bond motifs is 1. The molecule has 2 aromatic carbocycles. The summed E-state index contributed by atoms with van der Waals surface area (Å²) in [7, 11) is 0. The Morgan fingerprint density at radius 1 is 1.18 bits per heavy atom. The standard InChI is InChI=1S/C17H19NO4/c1-3-17(2,16(20)21)18-15(19)11-22-14-10-6-8-12-7-4-5-9-13(12)14/h4-10H,3,11H2,1-2H3,(H,18,19)(H,20,21). The maximum absolute atomic E-state index is 11.9. The van der Waals surface area contributed by atoms with E-state index in [2.05, 4.69) is 5.32 Å². The first-order valence-electron chi connectivity index (χ1n) is 7.11. The van der Waals surface area contributed by atoms with Crippen LogP contribution in [0.15, 0.2) is 42.5 Å². The molecule has 0 radical (unpaired) electrons. The summed E-state index contributed by atoms with van der Waals surface area (Å²) in [6.07, 6.45) is 0.294. The molecule has 0 saturated heterocycles. The van der Waals surface area contributed by atoms with E-state index < -0.39 is 17.4 Å². The number of hydrogen-bond acceptors (Lipinski definition) is 3. The number of aliphatic carboxylic acids is 1. The zero-order valence-corrected chi connectivity index (χ0v) is 12.6. The molecule has 1 unspecified atom stereocenters. The van der Waals surface area contributed by atoms with Gasteiger partial charge in [-0.1, -0.05) is 43.3 Å². The summed E-state index contributed by atoms with van der Waals surface area (Å²) >= 11 is 0. The number of carbonyl (C=O) groups is 2. The van der Waals surface area contributed by atoms with Gasteiger partial charge in [-0.15, -0.1) is 0 Å². The van der Waals surface area contributed by atoms with Gasteiger partial charge < -0.3 is 15.2 Å². The third-order valence-electron chi connectivity index (χ3n) is 3.70. The monoisotopic (exact) mass is 301 g/mol. The Kier molecular flexibility index (Phi) is 4.65. The van der Waals surface area contributed by atoms with E-state index in [0.717, 1.165) is 10.8 Å². The molecule has 0 spiro atoms. The second-order valence-electron chi connectivity index (χ2n) is 5.30. The number of amides is 1. The first kappa shape index (κ1) is 15.8. The molecule has 0 heterocycles. The van der Waals surface area contributed by atoms with Crippen LogP contribution in [-0.4, -0.2) is 29.1 Å². The third kappa shape index (κ3) is 3.36. The Morgan fingerprint density at radius 2 is 1.86 bits per heavy atom. The highest BCUT2D eigenvalue weighted by molar-refractivity contribution is 5.89. The highest BCUT2D eigenvalue weighted by atomic mass is 16.5. The average molecular weight is 301 g/mol. The number of carboxylic acids is 1. The number of nitrogens with one attached hydrogen (secondary N) is 1. The fourth-order valence-corrected chi connectivity index (χ4v) is 2.10. The summed E-state index contributed by atoms with van der Waals surface area (Å²) in [6, 6.07) is 13.3. The predicted molar refractivity (Wildman–Crippen MR) is 83.9 cm³/mol. The van der Waals surface area contributed by atoms with Crippen LogP contribution in [0.3, 0.4) is 0 Å². The minimum Gasteiger partial charge on any atom is -0.483 e. The van der Waals surface area contributed by atoms with Gasteiger partial charge in [-0.05, 0) is 24.8 Å². The van der Waals surface area contributed by atoms with Crippen LogP contribution in [0.2, 0.25) is 0 Å². The SMILES string of the molecule is CCC(C)(NC(=O)COc1cccc2ccccc12)C(=O)O. The average Bonchev–Trinajstić information content (AvgIpc) is 2.52. The van der Waals surface area contributed by atoms with Crippen molar-refractivity contribution in [1.82, 2.24) is 5.32 Å². The number of ether oxygens (including phenoxy) is 1. The first-order valence-corrected chi connectivity index (χ1v) is 7.11. The van der Waals surface area contributed by atoms with Gasteiger partial charge in [0, 0.05) is 5.39 Å². The van der Waals surface area contributed by atoms with E-state index in [0.29, 0.717) is 12.2 Å². The summed E-state index contributed by atoms with van der Waals surface area (Å²) in [5, 5.41) is 13.6. The van der Waals surface area contributed by atoms with Crippen molar-refractivity contribution in [3.63, 3.8) is 0 Å². The molecule has 0 fully saturated rings. The van der Waals surface area contributed by atoms with Crippen LogP contribution >= 0.6 is 0 Å². The van der Waals surface area contributed by atoms with E-state index in [1.165, 1.54) is 6.92 Å². The fourth-order valence-electron chi connectivity index (χ4n) is 2.10. The Morgan fingerprint density at radius 3 is 2.55 bits per heavy atom. The third-order valence-corrected chi connectivity index (χ3v) is 3.70. The van der Waals surface area contributed by atoms with Crippen LogP contribution in [0.5, 0.6) is 5.75 Å². The van der Waals surface area contributed by atoms with Crippen LogP contribution in [0.1, 0.15) is 20.3 Å². The highest BCUT2D eigenvalue weighted by Gasteiger charge is 2.32. The molecule has 1 atom stereocenters. The molecule has 1 amide bonds. The molecule has 0 aliphatic carbocycles. The summed E-state index contributed by atoms with van der Waals surface area (Å²) in [6.45, 7) is 2.96. The van der Waals surface area contributed by atoms with E-state index in [-0.39, 0.29) is 6.61 Å². The van der Waals surface area contributed by atoms with Crippen molar-refractivity contribution in [2.45, 2.75) is 25.8 Å². The molecule has 0 aromatic heterocycles. The summed E-state index contributed by atoms with van der Waals surface area (Å²) in [5.41, 5.74) is -1.28. The summed E-state index contributed by atoms with van der Waals surface area (Å²) < 4.78 is 5.55. The normalized spacial score (nSPS) is 13.4. The van der Waals surface area contributed by atoms with Gasteiger partial charge in [0.15, 0.2) is 6.61 Å². The smallest absolute Gasteiger partial charge is 0.329 e. The molecule has 0 aliphatic rings. The van der Waals surface area contributed by atoms with Crippen LogP contribution < -0.4 is 10.1 Å². The topological polar surface area (TPSA) is 75.6 Å². The first-order chi connectivity index (χ1) is 10.5. The number of rotatable bonds is 6. The van der Waals surface area contributed by atoms with Crippen LogP contribution in [-0.2, 0) is 9.59 Å². The van der Waals surface area contributed by atoms with Crippen molar-refractivity contribution in [2.75, 3.05) is 6.61 Å².